The molecule has 1 amide bonds. The minimum Gasteiger partial charge on any atom is -0.481 e. The molecule has 0 unspecified atom stereocenters. The molecule has 1 aromatic heterocycles. The first-order valence-corrected chi connectivity index (χ1v) is 11.7. The van der Waals surface area contributed by atoms with Gasteiger partial charge in [0.15, 0.2) is 0 Å². The number of carbonyl (C=O) groups is 3. The summed E-state index contributed by atoms with van der Waals surface area (Å²) in [6.45, 7) is 2.42. The van der Waals surface area contributed by atoms with Gasteiger partial charge >= 0.3 is 11.9 Å². The number of carboxylic acids is 1. The third kappa shape index (κ3) is 3.81. The molecule has 0 radical (unpaired) electrons. The zero-order chi connectivity index (χ0) is 20.5. The van der Waals surface area contributed by atoms with Crippen molar-refractivity contribution in [2.24, 2.45) is 23.7 Å². The molecule has 1 heterocycles. The monoisotopic (exact) mass is 419 g/mol. The van der Waals surface area contributed by atoms with Gasteiger partial charge in [0.05, 0.1) is 24.0 Å². The summed E-state index contributed by atoms with van der Waals surface area (Å²) in [4.78, 5) is 38.9. The van der Waals surface area contributed by atoms with E-state index in [4.69, 9.17) is 4.74 Å². The fraction of sp³-hybridized carbons (Fsp3) is 0.682. The molecule has 29 heavy (non-hydrogen) atoms. The Hall–Kier alpha value is -1.89. The zero-order valence-electron chi connectivity index (χ0n) is 16.9. The highest BCUT2D eigenvalue weighted by Gasteiger charge is 2.54. The molecule has 1 aromatic rings. The van der Waals surface area contributed by atoms with Crippen molar-refractivity contribution in [1.82, 2.24) is 0 Å². The summed E-state index contributed by atoms with van der Waals surface area (Å²) in [5, 5.41) is 13.2. The van der Waals surface area contributed by atoms with Crippen molar-refractivity contribution >= 4 is 34.2 Å². The highest BCUT2D eigenvalue weighted by Crippen LogP contribution is 2.53. The maximum absolute atomic E-state index is 13.1. The summed E-state index contributed by atoms with van der Waals surface area (Å²) in [6, 6.07) is 0. The first kappa shape index (κ1) is 20.4. The second kappa shape index (κ2) is 8.46. The number of rotatable bonds is 7. The third-order valence-electron chi connectivity index (χ3n) is 6.85. The van der Waals surface area contributed by atoms with Crippen LogP contribution in [0.15, 0.2) is 0 Å². The largest absolute Gasteiger partial charge is 0.481 e. The molecule has 0 aromatic carbocycles. The first-order valence-electron chi connectivity index (χ1n) is 10.9. The lowest BCUT2D eigenvalue weighted by Crippen LogP contribution is -2.38. The van der Waals surface area contributed by atoms with Crippen LogP contribution in [0.2, 0.25) is 0 Å². The van der Waals surface area contributed by atoms with Gasteiger partial charge in [-0.3, -0.25) is 9.59 Å². The Kier molecular flexibility index (Phi) is 5.95. The SMILES string of the molecule is CCCCOC(=O)c1c(NC(=O)[C@@H]2[C@H]3CC[C@@H](C3)[C@H]2C(=O)O)sc2c1CCCC2. The number of unbranched alkanes of at least 4 members (excludes halogenated alkanes) is 1. The number of hydrogen-bond acceptors (Lipinski definition) is 5. The molecular formula is C22H29NO5S. The number of esters is 1. The summed E-state index contributed by atoms with van der Waals surface area (Å²) in [7, 11) is 0. The van der Waals surface area contributed by atoms with Gasteiger partial charge in [-0.1, -0.05) is 13.3 Å². The van der Waals surface area contributed by atoms with E-state index in [1.165, 1.54) is 11.3 Å². The molecule has 3 aliphatic rings. The molecule has 2 fully saturated rings. The Morgan fingerprint density at radius 2 is 1.86 bits per heavy atom. The topological polar surface area (TPSA) is 92.7 Å². The summed E-state index contributed by atoms with van der Waals surface area (Å²) in [5.74, 6) is -2.36. The molecule has 0 saturated heterocycles. The number of carboxylic acid groups (broad SMARTS) is 1. The van der Waals surface area contributed by atoms with Crippen LogP contribution in [-0.4, -0.2) is 29.6 Å². The molecule has 4 rings (SSSR count). The number of anilines is 1. The molecule has 158 valence electrons. The van der Waals surface area contributed by atoms with Crippen LogP contribution in [0.25, 0.3) is 0 Å². The number of aryl methyl sites for hydroxylation is 1. The predicted octanol–water partition coefficient (Wildman–Crippen LogP) is 4.27. The summed E-state index contributed by atoms with van der Waals surface area (Å²) in [6.07, 6.45) is 8.24. The normalized spacial score (nSPS) is 27.5. The van der Waals surface area contributed by atoms with Crippen molar-refractivity contribution in [1.29, 1.82) is 0 Å². The fourth-order valence-electron chi connectivity index (χ4n) is 5.47. The second-order valence-corrected chi connectivity index (χ2v) is 9.72. The molecule has 4 atom stereocenters. The molecule has 0 aliphatic heterocycles. The highest BCUT2D eigenvalue weighted by atomic mass is 32.1. The van der Waals surface area contributed by atoms with Crippen molar-refractivity contribution in [3.8, 4) is 0 Å². The van der Waals surface area contributed by atoms with Gasteiger partial charge < -0.3 is 15.2 Å². The first-order chi connectivity index (χ1) is 14.0. The van der Waals surface area contributed by atoms with Crippen LogP contribution < -0.4 is 5.32 Å². The van der Waals surface area contributed by atoms with Crippen LogP contribution in [0.5, 0.6) is 0 Å². The van der Waals surface area contributed by atoms with Crippen LogP contribution in [0, 0.1) is 23.7 Å². The molecule has 6 nitrogen and oxygen atoms in total. The molecule has 2 saturated carbocycles. The van der Waals surface area contributed by atoms with Crippen LogP contribution in [0.1, 0.15) is 72.7 Å². The number of fused-ring (bicyclic) bond motifs is 3. The maximum Gasteiger partial charge on any atom is 0.341 e. The van der Waals surface area contributed by atoms with E-state index in [0.29, 0.717) is 17.2 Å². The van der Waals surface area contributed by atoms with Crippen LogP contribution in [-0.2, 0) is 27.2 Å². The van der Waals surface area contributed by atoms with Crippen LogP contribution in [0.3, 0.4) is 0 Å². The molecule has 2 N–H and O–H groups in total. The number of hydrogen-bond donors (Lipinski definition) is 2. The van der Waals surface area contributed by atoms with Crippen molar-refractivity contribution in [2.45, 2.75) is 64.7 Å². The lowest BCUT2D eigenvalue weighted by atomic mass is 9.78. The van der Waals surface area contributed by atoms with E-state index < -0.39 is 17.8 Å². The Balaban J connectivity index is 1.58. The number of aliphatic carboxylic acids is 1. The number of carbonyl (C=O) groups excluding carboxylic acids is 2. The van der Waals surface area contributed by atoms with Gasteiger partial charge in [-0.25, -0.2) is 4.79 Å². The van der Waals surface area contributed by atoms with Gasteiger partial charge in [0.2, 0.25) is 5.91 Å². The van der Waals surface area contributed by atoms with E-state index in [1.807, 2.05) is 6.92 Å². The van der Waals surface area contributed by atoms with Crippen molar-refractivity contribution < 1.29 is 24.2 Å². The van der Waals surface area contributed by atoms with Gasteiger partial charge in [0, 0.05) is 4.88 Å². The van der Waals surface area contributed by atoms with E-state index in [-0.39, 0.29) is 23.7 Å². The van der Waals surface area contributed by atoms with E-state index in [9.17, 15) is 19.5 Å². The number of amides is 1. The summed E-state index contributed by atoms with van der Waals surface area (Å²) < 4.78 is 5.47. The Morgan fingerprint density at radius 1 is 1.14 bits per heavy atom. The number of nitrogens with one attached hydrogen (secondary N) is 1. The standard InChI is InChI=1S/C22H29NO5S/c1-2-3-10-28-22(27)18-14-6-4-5-7-15(14)29-20(18)23-19(24)16-12-8-9-13(11-12)17(16)21(25)26/h12-13,16-17H,2-11H2,1H3,(H,23,24)(H,25,26)/t12-,13-,16+,17+/m0/s1. The molecule has 2 bridgehead atoms. The van der Waals surface area contributed by atoms with Crippen molar-refractivity contribution in [2.75, 3.05) is 11.9 Å². The smallest absolute Gasteiger partial charge is 0.341 e. The van der Waals surface area contributed by atoms with Crippen molar-refractivity contribution in [3.05, 3.63) is 16.0 Å². The van der Waals surface area contributed by atoms with Crippen LogP contribution >= 0.6 is 11.3 Å². The van der Waals surface area contributed by atoms with Crippen molar-refractivity contribution in [3.63, 3.8) is 0 Å². The van der Waals surface area contributed by atoms with E-state index in [0.717, 1.165) is 68.2 Å². The van der Waals surface area contributed by atoms with Crippen LogP contribution in [0.4, 0.5) is 5.00 Å². The lowest BCUT2D eigenvalue weighted by molar-refractivity contribution is -0.148. The van der Waals surface area contributed by atoms with Gasteiger partial charge in [-0.05, 0) is 68.8 Å². The minimum atomic E-state index is -0.873. The van der Waals surface area contributed by atoms with Gasteiger partial charge in [0.1, 0.15) is 5.00 Å². The Labute approximate surface area is 175 Å². The molecular weight excluding hydrogens is 390 g/mol. The highest BCUT2D eigenvalue weighted by molar-refractivity contribution is 7.17. The summed E-state index contributed by atoms with van der Waals surface area (Å²) in [5.41, 5.74) is 1.52. The predicted molar refractivity (Wildman–Crippen MR) is 110 cm³/mol. The van der Waals surface area contributed by atoms with E-state index in [2.05, 4.69) is 5.32 Å². The average Bonchev–Trinajstić information content (AvgIpc) is 3.40. The zero-order valence-corrected chi connectivity index (χ0v) is 17.7. The number of ether oxygens (including phenoxy) is 1. The van der Waals surface area contributed by atoms with E-state index >= 15 is 0 Å². The molecule has 7 heteroatoms. The molecule has 3 aliphatic carbocycles. The summed E-state index contributed by atoms with van der Waals surface area (Å²) >= 11 is 1.47. The third-order valence-corrected chi connectivity index (χ3v) is 8.05. The van der Waals surface area contributed by atoms with Gasteiger partial charge in [0.25, 0.3) is 0 Å². The quantitative estimate of drug-likeness (QED) is 0.509. The van der Waals surface area contributed by atoms with Gasteiger partial charge in [-0.2, -0.15) is 0 Å². The lowest BCUT2D eigenvalue weighted by Gasteiger charge is -2.27. The second-order valence-electron chi connectivity index (χ2n) is 8.62. The Bertz CT molecular complexity index is 816. The molecule has 0 spiro atoms. The van der Waals surface area contributed by atoms with Gasteiger partial charge in [-0.15, -0.1) is 11.3 Å². The minimum absolute atomic E-state index is 0.100. The van der Waals surface area contributed by atoms with E-state index in [1.54, 1.807) is 0 Å². The number of thiophene rings is 1. The Morgan fingerprint density at radius 3 is 2.59 bits per heavy atom. The average molecular weight is 420 g/mol. The fourth-order valence-corrected chi connectivity index (χ4v) is 6.75. The maximum atomic E-state index is 13.1.